The molecule has 2 aromatic carbocycles. The molecule has 184 valence electrons. The lowest BCUT2D eigenvalue weighted by Crippen LogP contribution is -2.30. The molecule has 0 amide bonds. The topological polar surface area (TPSA) is 115 Å². The van der Waals surface area contributed by atoms with Crippen LogP contribution in [0.25, 0.3) is 0 Å². The molecule has 2 aromatic rings. The molecule has 6 heteroatoms. The van der Waals surface area contributed by atoms with Crippen molar-refractivity contribution in [1.82, 2.24) is 0 Å². The van der Waals surface area contributed by atoms with Crippen LogP contribution in [0, 0.1) is 23.7 Å². The normalized spacial score (nSPS) is 13.1. The average molecular weight is 461 g/mol. The van der Waals surface area contributed by atoms with E-state index >= 15 is 0 Å². The van der Waals surface area contributed by atoms with Gasteiger partial charge in [-0.2, -0.15) is 0 Å². The first kappa shape index (κ1) is 30.3. The molecule has 0 bridgehead atoms. The second-order valence-electron chi connectivity index (χ2n) is 8.95. The Morgan fingerprint density at radius 1 is 0.697 bits per heavy atom. The molecule has 3 atom stereocenters. The zero-order valence-corrected chi connectivity index (χ0v) is 20.4. The summed E-state index contributed by atoms with van der Waals surface area (Å²) >= 11 is 0. The van der Waals surface area contributed by atoms with Gasteiger partial charge >= 0.3 is 11.9 Å². The Bertz CT molecular complexity index is 722. The van der Waals surface area contributed by atoms with Gasteiger partial charge in [-0.05, 0) is 67.7 Å². The summed E-state index contributed by atoms with van der Waals surface area (Å²) in [6.45, 7) is 10.7. The fourth-order valence-corrected chi connectivity index (χ4v) is 3.48. The number of hydrogen-bond acceptors (Lipinski definition) is 4. The molecule has 4 N–H and O–H groups in total. The molecule has 0 heterocycles. The minimum atomic E-state index is -0.879. The number of carboxylic acids is 2. The van der Waals surface area contributed by atoms with Gasteiger partial charge in [0.15, 0.2) is 0 Å². The van der Waals surface area contributed by atoms with Gasteiger partial charge in [0.1, 0.15) is 0 Å². The van der Waals surface area contributed by atoms with Gasteiger partial charge in [0, 0.05) is 6.61 Å². The number of carboxylic acid groups (broad SMARTS) is 2. The zero-order valence-electron chi connectivity index (χ0n) is 20.4. The van der Waals surface area contributed by atoms with E-state index in [0.717, 1.165) is 12.8 Å². The molecule has 0 saturated heterocycles. The van der Waals surface area contributed by atoms with E-state index in [0.29, 0.717) is 23.0 Å². The summed E-state index contributed by atoms with van der Waals surface area (Å²) in [5.74, 6) is -0.127. The molecule has 0 radical (unpaired) electrons. The number of hydrogen-bond donors (Lipinski definition) is 4. The maximum atomic E-state index is 10.2. The minimum Gasteiger partial charge on any atom is -0.478 e. The Labute approximate surface area is 197 Å². The second kappa shape index (κ2) is 16.9. The summed E-state index contributed by atoms with van der Waals surface area (Å²) in [5, 5.41) is 35.9. The lowest BCUT2D eigenvalue weighted by atomic mass is 9.78. The van der Waals surface area contributed by atoms with E-state index in [1.165, 1.54) is 0 Å². The van der Waals surface area contributed by atoms with Crippen LogP contribution in [-0.4, -0.2) is 45.1 Å². The van der Waals surface area contributed by atoms with E-state index in [1.54, 1.807) is 60.7 Å². The molecule has 0 aliphatic rings. The number of aliphatic hydroxyl groups excluding tert-OH is 2. The van der Waals surface area contributed by atoms with Crippen molar-refractivity contribution in [3.63, 3.8) is 0 Å². The van der Waals surface area contributed by atoms with E-state index < -0.39 is 11.9 Å². The predicted molar refractivity (Wildman–Crippen MR) is 131 cm³/mol. The lowest BCUT2D eigenvalue weighted by molar-refractivity contribution is 0.0388. The van der Waals surface area contributed by atoms with Gasteiger partial charge in [-0.25, -0.2) is 9.59 Å². The Balaban J connectivity index is 0.000000489. The lowest BCUT2D eigenvalue weighted by Gasteiger charge is -2.30. The van der Waals surface area contributed by atoms with Gasteiger partial charge in [0.25, 0.3) is 0 Å². The van der Waals surface area contributed by atoms with Crippen LogP contribution in [0.3, 0.4) is 0 Å². The Morgan fingerprint density at radius 2 is 1.06 bits per heavy atom. The molecule has 0 aliphatic carbocycles. The smallest absolute Gasteiger partial charge is 0.335 e. The first-order chi connectivity index (χ1) is 15.5. The maximum Gasteiger partial charge on any atom is 0.335 e. The predicted octanol–water partition coefficient (Wildman–Crippen LogP) is 5.45. The van der Waals surface area contributed by atoms with Crippen molar-refractivity contribution >= 4 is 11.9 Å². The fourth-order valence-electron chi connectivity index (χ4n) is 3.48. The monoisotopic (exact) mass is 460 g/mol. The van der Waals surface area contributed by atoms with Crippen LogP contribution < -0.4 is 0 Å². The van der Waals surface area contributed by atoms with Crippen LogP contribution >= 0.6 is 0 Å². The first-order valence-corrected chi connectivity index (χ1v) is 11.3. The summed E-state index contributed by atoms with van der Waals surface area (Å²) < 4.78 is 0. The van der Waals surface area contributed by atoms with Crippen molar-refractivity contribution in [3.8, 4) is 0 Å². The summed E-state index contributed by atoms with van der Waals surface area (Å²) in [6, 6.07) is 16.6. The number of aliphatic hydroxyl groups is 2. The van der Waals surface area contributed by atoms with Gasteiger partial charge in [-0.1, -0.05) is 64.1 Å². The quantitative estimate of drug-likeness (QED) is 0.395. The van der Waals surface area contributed by atoms with Crippen LogP contribution in [0.4, 0.5) is 0 Å². The SMILES string of the molecule is CC(C)CC(CO)C(CC(C)C)C(C)O.O=C(O)c1ccccc1.O=C(O)c1ccccc1. The van der Waals surface area contributed by atoms with Crippen LogP contribution in [0.1, 0.15) is 68.2 Å². The van der Waals surface area contributed by atoms with Gasteiger partial charge < -0.3 is 20.4 Å². The molecule has 0 saturated carbocycles. The molecule has 6 nitrogen and oxygen atoms in total. The van der Waals surface area contributed by atoms with Gasteiger partial charge in [-0.15, -0.1) is 0 Å². The van der Waals surface area contributed by atoms with E-state index in [9.17, 15) is 19.8 Å². The van der Waals surface area contributed by atoms with Gasteiger partial charge in [-0.3, -0.25) is 0 Å². The van der Waals surface area contributed by atoms with Crippen molar-refractivity contribution in [1.29, 1.82) is 0 Å². The third kappa shape index (κ3) is 14.1. The van der Waals surface area contributed by atoms with Crippen LogP contribution in [0.15, 0.2) is 60.7 Å². The highest BCUT2D eigenvalue weighted by atomic mass is 16.4. The molecule has 0 spiro atoms. The van der Waals surface area contributed by atoms with Gasteiger partial charge in [0.2, 0.25) is 0 Å². The minimum absolute atomic E-state index is 0.195. The standard InChI is InChI=1S/C13H28O2.2C7H6O2/c1-9(2)6-12(8-14)13(11(5)15)7-10(3)4;2*8-7(9)6-4-2-1-3-5-6/h9-15H,6-8H2,1-5H3;2*1-5H,(H,8,9). The molecule has 0 aliphatic heterocycles. The highest BCUT2D eigenvalue weighted by Gasteiger charge is 2.26. The summed E-state index contributed by atoms with van der Waals surface area (Å²) in [6.07, 6.45) is 1.68. The van der Waals surface area contributed by atoms with Crippen molar-refractivity contribution in [2.75, 3.05) is 6.61 Å². The maximum absolute atomic E-state index is 10.2. The molecular formula is C27H40O6. The van der Waals surface area contributed by atoms with E-state index in [1.807, 2.05) is 6.92 Å². The van der Waals surface area contributed by atoms with E-state index in [4.69, 9.17) is 10.2 Å². The Morgan fingerprint density at radius 3 is 1.27 bits per heavy atom. The average Bonchev–Trinajstić information content (AvgIpc) is 2.77. The van der Waals surface area contributed by atoms with Crippen LogP contribution in [0.2, 0.25) is 0 Å². The highest BCUT2D eigenvalue weighted by molar-refractivity contribution is 5.87. The summed E-state index contributed by atoms with van der Waals surface area (Å²) in [4.78, 5) is 20.4. The third-order valence-electron chi connectivity index (χ3n) is 5.02. The van der Waals surface area contributed by atoms with Crippen molar-refractivity contribution in [2.45, 2.75) is 53.6 Å². The largest absolute Gasteiger partial charge is 0.478 e. The van der Waals surface area contributed by atoms with E-state index in [2.05, 4.69) is 27.7 Å². The number of aromatic carboxylic acids is 2. The Hall–Kier alpha value is -2.70. The van der Waals surface area contributed by atoms with Crippen molar-refractivity contribution in [3.05, 3.63) is 71.8 Å². The fraction of sp³-hybridized carbons (Fsp3) is 0.481. The number of benzene rings is 2. The van der Waals surface area contributed by atoms with Crippen molar-refractivity contribution in [2.24, 2.45) is 23.7 Å². The third-order valence-corrected chi connectivity index (χ3v) is 5.02. The second-order valence-corrected chi connectivity index (χ2v) is 8.95. The first-order valence-electron chi connectivity index (χ1n) is 11.3. The van der Waals surface area contributed by atoms with Crippen LogP contribution in [-0.2, 0) is 0 Å². The molecule has 0 aromatic heterocycles. The van der Waals surface area contributed by atoms with Crippen molar-refractivity contribution < 1.29 is 30.0 Å². The van der Waals surface area contributed by atoms with Crippen LogP contribution in [0.5, 0.6) is 0 Å². The summed E-state index contributed by atoms with van der Waals surface area (Å²) in [7, 11) is 0. The molecular weight excluding hydrogens is 420 g/mol. The summed E-state index contributed by atoms with van der Waals surface area (Å²) in [5.41, 5.74) is 0.662. The van der Waals surface area contributed by atoms with E-state index in [-0.39, 0.29) is 24.5 Å². The number of rotatable bonds is 9. The molecule has 0 fully saturated rings. The molecule has 2 rings (SSSR count). The molecule has 33 heavy (non-hydrogen) atoms. The van der Waals surface area contributed by atoms with Gasteiger partial charge in [0.05, 0.1) is 17.2 Å². The number of carbonyl (C=O) groups is 2. The zero-order chi connectivity index (χ0) is 25.4. The highest BCUT2D eigenvalue weighted by Crippen LogP contribution is 2.28. The Kier molecular flexibility index (Phi) is 15.5. The molecule has 3 unspecified atom stereocenters.